The van der Waals surface area contributed by atoms with Crippen LogP contribution in [0.3, 0.4) is 0 Å². The topological polar surface area (TPSA) is 41.6 Å². The molecule has 2 spiro atoms. The van der Waals surface area contributed by atoms with E-state index in [1.807, 2.05) is 0 Å². The Balaban J connectivity index is 1.52. The van der Waals surface area contributed by atoms with Gasteiger partial charge in [0.1, 0.15) is 0 Å². The molecule has 4 rings (SSSR count). The lowest BCUT2D eigenvalue weighted by Crippen LogP contribution is -2.55. The first kappa shape index (κ1) is 11.1. The fourth-order valence-corrected chi connectivity index (χ4v) is 4.80. The number of nitrogens with zero attached hydrogens (tertiary/aromatic N) is 2. The Kier molecular flexibility index (Phi) is 2.25. The van der Waals surface area contributed by atoms with E-state index in [1.54, 1.807) is 0 Å². The average molecular weight is 247 g/mol. The van der Waals surface area contributed by atoms with E-state index in [0.29, 0.717) is 5.54 Å². The minimum Gasteiger partial charge on any atom is -0.370 e. The minimum absolute atomic E-state index is 0.332. The van der Waals surface area contributed by atoms with E-state index >= 15 is 0 Å². The molecule has 4 aliphatic rings. The molecule has 18 heavy (non-hydrogen) atoms. The third-order valence-electron chi connectivity index (χ3n) is 6.11. The number of hydrogen-bond acceptors (Lipinski definition) is 3. The molecular formula is C15H25N3. The van der Waals surface area contributed by atoms with Crippen molar-refractivity contribution in [1.29, 1.82) is 0 Å². The lowest BCUT2D eigenvalue weighted by Gasteiger charge is -2.48. The van der Waals surface area contributed by atoms with Gasteiger partial charge in [0.15, 0.2) is 5.96 Å². The highest BCUT2D eigenvalue weighted by molar-refractivity contribution is 5.81. The van der Waals surface area contributed by atoms with Gasteiger partial charge in [-0.05, 0) is 56.8 Å². The van der Waals surface area contributed by atoms with Gasteiger partial charge in [0.2, 0.25) is 0 Å². The Hall–Kier alpha value is -0.730. The van der Waals surface area contributed by atoms with Crippen LogP contribution in [-0.2, 0) is 0 Å². The number of hydrogen-bond donors (Lipinski definition) is 1. The number of aliphatic imine (C=N–C) groups is 1. The molecule has 3 saturated carbocycles. The van der Waals surface area contributed by atoms with Gasteiger partial charge < -0.3 is 10.6 Å². The average Bonchev–Trinajstić information content (AvgIpc) is 3.02. The molecular weight excluding hydrogens is 222 g/mol. The smallest absolute Gasteiger partial charge is 0.192 e. The SMILES string of the molecule is NC1=NCC2(CCC3(CCCC3)CC2)N1C1CC1. The van der Waals surface area contributed by atoms with Crippen LogP contribution in [0.15, 0.2) is 4.99 Å². The fourth-order valence-electron chi connectivity index (χ4n) is 4.80. The molecule has 0 aromatic rings. The number of rotatable bonds is 1. The molecule has 2 N–H and O–H groups in total. The summed E-state index contributed by atoms with van der Waals surface area (Å²) in [7, 11) is 0. The van der Waals surface area contributed by atoms with Crippen LogP contribution in [0.25, 0.3) is 0 Å². The molecule has 0 unspecified atom stereocenters. The van der Waals surface area contributed by atoms with Gasteiger partial charge in [-0.3, -0.25) is 4.99 Å². The van der Waals surface area contributed by atoms with E-state index < -0.39 is 0 Å². The minimum atomic E-state index is 0.332. The predicted octanol–water partition coefficient (Wildman–Crippen LogP) is 2.65. The van der Waals surface area contributed by atoms with Crippen molar-refractivity contribution < 1.29 is 0 Å². The monoisotopic (exact) mass is 247 g/mol. The van der Waals surface area contributed by atoms with E-state index in [9.17, 15) is 0 Å². The van der Waals surface area contributed by atoms with Crippen LogP contribution in [0.4, 0.5) is 0 Å². The van der Waals surface area contributed by atoms with Crippen LogP contribution in [0, 0.1) is 5.41 Å². The predicted molar refractivity (Wildman–Crippen MR) is 73.5 cm³/mol. The first-order chi connectivity index (χ1) is 8.73. The van der Waals surface area contributed by atoms with Crippen molar-refractivity contribution in [2.24, 2.45) is 16.1 Å². The molecule has 0 bridgehead atoms. The zero-order chi connectivity index (χ0) is 12.2. The maximum absolute atomic E-state index is 6.15. The molecule has 0 aromatic carbocycles. The number of guanidine groups is 1. The maximum Gasteiger partial charge on any atom is 0.192 e. The zero-order valence-electron chi connectivity index (χ0n) is 11.3. The molecule has 0 amide bonds. The van der Waals surface area contributed by atoms with E-state index in [4.69, 9.17) is 5.73 Å². The lowest BCUT2D eigenvalue weighted by molar-refractivity contribution is 0.0632. The molecule has 0 aromatic heterocycles. The molecule has 3 nitrogen and oxygen atoms in total. The molecule has 100 valence electrons. The van der Waals surface area contributed by atoms with Crippen LogP contribution in [-0.4, -0.2) is 29.0 Å². The molecule has 1 heterocycles. The summed E-state index contributed by atoms with van der Waals surface area (Å²) in [6, 6.07) is 0.730. The quantitative estimate of drug-likeness (QED) is 0.774. The Labute approximate surface area is 110 Å². The normalized spacial score (nSPS) is 33.3. The van der Waals surface area contributed by atoms with Crippen molar-refractivity contribution in [3.63, 3.8) is 0 Å². The highest BCUT2D eigenvalue weighted by Crippen LogP contribution is 2.54. The van der Waals surface area contributed by atoms with Crippen molar-refractivity contribution in [2.75, 3.05) is 6.54 Å². The van der Waals surface area contributed by atoms with Gasteiger partial charge in [0, 0.05) is 6.04 Å². The van der Waals surface area contributed by atoms with Gasteiger partial charge in [-0.15, -0.1) is 0 Å². The Morgan fingerprint density at radius 3 is 2.28 bits per heavy atom. The van der Waals surface area contributed by atoms with Gasteiger partial charge in [-0.25, -0.2) is 0 Å². The Morgan fingerprint density at radius 2 is 1.67 bits per heavy atom. The van der Waals surface area contributed by atoms with Crippen LogP contribution >= 0.6 is 0 Å². The van der Waals surface area contributed by atoms with E-state index in [0.717, 1.165) is 24.0 Å². The van der Waals surface area contributed by atoms with E-state index in [1.165, 1.54) is 64.2 Å². The van der Waals surface area contributed by atoms with Crippen molar-refractivity contribution in [3.8, 4) is 0 Å². The molecule has 0 atom stereocenters. The van der Waals surface area contributed by atoms with Crippen LogP contribution < -0.4 is 5.73 Å². The van der Waals surface area contributed by atoms with Crippen molar-refractivity contribution >= 4 is 5.96 Å². The first-order valence-electron chi connectivity index (χ1n) is 7.83. The first-order valence-corrected chi connectivity index (χ1v) is 7.83. The molecule has 3 fully saturated rings. The van der Waals surface area contributed by atoms with Gasteiger partial charge in [-0.2, -0.15) is 0 Å². The standard InChI is InChI=1S/C15H25N3/c16-13-17-11-15(18(13)12-3-4-12)9-7-14(8-10-15)5-1-2-6-14/h12H,1-11H2,(H2,16,17). The summed E-state index contributed by atoms with van der Waals surface area (Å²) < 4.78 is 0. The van der Waals surface area contributed by atoms with Crippen LogP contribution in [0.2, 0.25) is 0 Å². The highest BCUT2D eigenvalue weighted by atomic mass is 15.4. The second-order valence-corrected chi connectivity index (χ2v) is 7.21. The van der Waals surface area contributed by atoms with Crippen molar-refractivity contribution in [3.05, 3.63) is 0 Å². The zero-order valence-corrected chi connectivity index (χ0v) is 11.3. The summed E-state index contributed by atoms with van der Waals surface area (Å²) in [4.78, 5) is 7.11. The molecule has 0 radical (unpaired) electrons. The lowest BCUT2D eigenvalue weighted by atomic mass is 9.66. The third kappa shape index (κ3) is 1.52. The molecule has 3 aliphatic carbocycles. The number of nitrogens with two attached hydrogens (primary N) is 1. The highest BCUT2D eigenvalue weighted by Gasteiger charge is 2.52. The van der Waals surface area contributed by atoms with Crippen molar-refractivity contribution in [2.45, 2.75) is 75.8 Å². The molecule has 3 heteroatoms. The summed E-state index contributed by atoms with van der Waals surface area (Å²) >= 11 is 0. The van der Waals surface area contributed by atoms with Crippen molar-refractivity contribution in [1.82, 2.24) is 4.90 Å². The van der Waals surface area contributed by atoms with E-state index in [2.05, 4.69) is 9.89 Å². The van der Waals surface area contributed by atoms with Gasteiger partial charge in [-0.1, -0.05) is 12.8 Å². The summed E-state index contributed by atoms with van der Waals surface area (Å²) in [6.45, 7) is 0.978. The van der Waals surface area contributed by atoms with Crippen LogP contribution in [0.1, 0.15) is 64.2 Å². The summed E-state index contributed by atoms with van der Waals surface area (Å²) in [5.41, 5.74) is 7.20. The largest absolute Gasteiger partial charge is 0.370 e. The molecule has 0 saturated heterocycles. The maximum atomic E-state index is 6.15. The Morgan fingerprint density at radius 1 is 1.00 bits per heavy atom. The fraction of sp³-hybridized carbons (Fsp3) is 0.933. The van der Waals surface area contributed by atoms with E-state index in [-0.39, 0.29) is 0 Å². The summed E-state index contributed by atoms with van der Waals surface area (Å²) in [6.07, 6.45) is 14.1. The van der Waals surface area contributed by atoms with Gasteiger partial charge >= 0.3 is 0 Å². The van der Waals surface area contributed by atoms with Gasteiger partial charge in [0.25, 0.3) is 0 Å². The van der Waals surface area contributed by atoms with Crippen LogP contribution in [0.5, 0.6) is 0 Å². The summed E-state index contributed by atoms with van der Waals surface area (Å²) in [5, 5.41) is 0. The Bertz CT molecular complexity index is 367. The second-order valence-electron chi connectivity index (χ2n) is 7.21. The second kappa shape index (κ2) is 3.64. The molecule has 1 aliphatic heterocycles. The van der Waals surface area contributed by atoms with Gasteiger partial charge in [0.05, 0.1) is 12.1 Å². The third-order valence-corrected chi connectivity index (χ3v) is 6.11. The summed E-state index contributed by atoms with van der Waals surface area (Å²) in [5.74, 6) is 0.847.